The molecule has 14 heavy (non-hydrogen) atoms. The highest BCUT2D eigenvalue weighted by atomic mass is 19.4. The molecule has 0 spiro atoms. The van der Waals surface area contributed by atoms with Crippen molar-refractivity contribution in [1.82, 2.24) is 4.98 Å². The van der Waals surface area contributed by atoms with Gasteiger partial charge in [0, 0.05) is 6.20 Å². The molecule has 3 nitrogen and oxygen atoms in total. The summed E-state index contributed by atoms with van der Waals surface area (Å²) < 4.78 is 36.7. The molecule has 0 radical (unpaired) electrons. The molecule has 6 heteroatoms. The highest BCUT2D eigenvalue weighted by molar-refractivity contribution is 5.57. The minimum atomic E-state index is -4.58. The number of halogens is 3. The number of nitrogen functional groups attached to an aromatic ring is 1. The lowest BCUT2D eigenvalue weighted by Gasteiger charge is -2.10. The summed E-state index contributed by atoms with van der Waals surface area (Å²) in [5, 5.41) is 8.51. The fourth-order valence-corrected chi connectivity index (χ4v) is 0.957. The predicted octanol–water partition coefficient (Wildman–Crippen LogP) is 1.86. The second kappa shape index (κ2) is 3.18. The van der Waals surface area contributed by atoms with E-state index in [2.05, 4.69) is 4.98 Å². The Morgan fingerprint density at radius 1 is 1.50 bits per heavy atom. The number of aromatic nitrogens is 1. The Balaban J connectivity index is 3.41. The van der Waals surface area contributed by atoms with E-state index in [9.17, 15) is 13.2 Å². The summed E-state index contributed by atoms with van der Waals surface area (Å²) in [4.78, 5) is 3.11. The van der Waals surface area contributed by atoms with Gasteiger partial charge in [0.1, 0.15) is 6.07 Å². The molecule has 0 fully saturated rings. The lowest BCUT2D eigenvalue weighted by molar-refractivity contribution is -0.140. The molecule has 0 aromatic carbocycles. The Morgan fingerprint density at radius 3 is 2.50 bits per heavy atom. The first-order valence-electron chi connectivity index (χ1n) is 3.60. The maximum atomic E-state index is 12.2. The van der Waals surface area contributed by atoms with Crippen molar-refractivity contribution >= 4 is 5.69 Å². The molecule has 1 heterocycles. The van der Waals surface area contributed by atoms with Crippen molar-refractivity contribution in [1.29, 1.82) is 5.26 Å². The lowest BCUT2D eigenvalue weighted by Crippen LogP contribution is -2.13. The predicted molar refractivity (Wildman–Crippen MR) is 43.1 cm³/mol. The minimum absolute atomic E-state index is 0.0514. The van der Waals surface area contributed by atoms with Crippen LogP contribution in [-0.2, 0) is 6.18 Å². The average molecular weight is 201 g/mol. The van der Waals surface area contributed by atoms with Crippen molar-refractivity contribution in [3.05, 3.63) is 23.0 Å². The van der Waals surface area contributed by atoms with Crippen LogP contribution in [0.15, 0.2) is 6.20 Å². The van der Waals surface area contributed by atoms with E-state index in [1.54, 1.807) is 6.07 Å². The zero-order valence-electron chi connectivity index (χ0n) is 7.18. The maximum absolute atomic E-state index is 12.2. The van der Waals surface area contributed by atoms with Crippen molar-refractivity contribution < 1.29 is 13.2 Å². The summed E-state index contributed by atoms with van der Waals surface area (Å²) in [6.45, 7) is 1.35. The van der Waals surface area contributed by atoms with Crippen molar-refractivity contribution in [2.45, 2.75) is 13.1 Å². The van der Waals surface area contributed by atoms with Crippen LogP contribution in [0.3, 0.4) is 0 Å². The van der Waals surface area contributed by atoms with Gasteiger partial charge in [0.2, 0.25) is 0 Å². The Kier molecular flexibility index (Phi) is 2.34. The van der Waals surface area contributed by atoms with Crippen LogP contribution in [0.1, 0.15) is 16.8 Å². The number of anilines is 1. The number of hydrogen-bond acceptors (Lipinski definition) is 3. The van der Waals surface area contributed by atoms with E-state index in [1.807, 2.05) is 0 Å². The standard InChI is InChI=1S/C8H6F3N3/c1-4-5(2-12)3-14-7(6(4)13)8(9,10)11/h3H,13H2,1H3. The van der Waals surface area contributed by atoms with Gasteiger partial charge in [0.15, 0.2) is 5.69 Å². The van der Waals surface area contributed by atoms with E-state index in [1.165, 1.54) is 6.92 Å². The summed E-state index contributed by atoms with van der Waals surface area (Å²) in [6, 6.07) is 1.70. The molecule has 0 aliphatic rings. The maximum Gasteiger partial charge on any atom is 0.435 e. The second-order valence-corrected chi connectivity index (χ2v) is 2.67. The van der Waals surface area contributed by atoms with E-state index >= 15 is 0 Å². The molecular formula is C8H6F3N3. The monoisotopic (exact) mass is 201 g/mol. The van der Waals surface area contributed by atoms with Gasteiger partial charge in [0.05, 0.1) is 11.3 Å². The molecule has 2 N–H and O–H groups in total. The van der Waals surface area contributed by atoms with E-state index < -0.39 is 17.6 Å². The highest BCUT2D eigenvalue weighted by Gasteiger charge is 2.35. The molecule has 0 unspecified atom stereocenters. The van der Waals surface area contributed by atoms with E-state index in [4.69, 9.17) is 11.0 Å². The molecule has 0 saturated heterocycles. The summed E-state index contributed by atoms with van der Waals surface area (Å²) in [5.41, 5.74) is 3.74. The number of nitrogens with zero attached hydrogens (tertiary/aromatic N) is 2. The Labute approximate surface area is 78.0 Å². The van der Waals surface area contributed by atoms with E-state index in [0.29, 0.717) is 0 Å². The van der Waals surface area contributed by atoms with Gasteiger partial charge in [0.25, 0.3) is 0 Å². The van der Waals surface area contributed by atoms with Crippen molar-refractivity contribution in [2.24, 2.45) is 0 Å². The molecule has 0 amide bonds. The zero-order valence-corrected chi connectivity index (χ0v) is 7.18. The quantitative estimate of drug-likeness (QED) is 0.696. The van der Waals surface area contributed by atoms with Gasteiger partial charge in [-0.1, -0.05) is 0 Å². The topological polar surface area (TPSA) is 62.7 Å². The summed E-state index contributed by atoms with van der Waals surface area (Å²) in [6.07, 6.45) is -3.71. The smallest absolute Gasteiger partial charge is 0.397 e. The first-order valence-corrected chi connectivity index (χ1v) is 3.60. The number of rotatable bonds is 0. The normalized spacial score (nSPS) is 11.1. The van der Waals surface area contributed by atoms with Crippen LogP contribution in [0.4, 0.5) is 18.9 Å². The second-order valence-electron chi connectivity index (χ2n) is 2.67. The average Bonchev–Trinajstić information content (AvgIpc) is 2.07. The Morgan fingerprint density at radius 2 is 2.07 bits per heavy atom. The molecule has 74 valence electrons. The fraction of sp³-hybridized carbons (Fsp3) is 0.250. The lowest BCUT2D eigenvalue weighted by atomic mass is 10.1. The van der Waals surface area contributed by atoms with Gasteiger partial charge >= 0.3 is 6.18 Å². The summed E-state index contributed by atoms with van der Waals surface area (Å²) >= 11 is 0. The number of pyridine rings is 1. The molecular weight excluding hydrogens is 195 g/mol. The van der Waals surface area contributed by atoms with Crippen LogP contribution < -0.4 is 5.73 Å². The molecule has 1 aromatic heterocycles. The van der Waals surface area contributed by atoms with Crippen LogP contribution in [0, 0.1) is 18.3 Å². The van der Waals surface area contributed by atoms with Crippen molar-refractivity contribution in [3.8, 4) is 6.07 Å². The van der Waals surface area contributed by atoms with Crippen LogP contribution >= 0.6 is 0 Å². The third-order valence-corrected chi connectivity index (χ3v) is 1.77. The summed E-state index contributed by atoms with van der Waals surface area (Å²) in [5.74, 6) is 0. The van der Waals surface area contributed by atoms with Gasteiger partial charge in [-0.2, -0.15) is 18.4 Å². The van der Waals surface area contributed by atoms with Crippen molar-refractivity contribution in [2.75, 3.05) is 5.73 Å². The van der Waals surface area contributed by atoms with Gasteiger partial charge < -0.3 is 5.73 Å². The summed E-state index contributed by atoms with van der Waals surface area (Å²) in [7, 11) is 0. The third-order valence-electron chi connectivity index (χ3n) is 1.77. The number of nitrogens with two attached hydrogens (primary N) is 1. The SMILES string of the molecule is Cc1c(C#N)cnc(C(F)(F)F)c1N. The molecule has 1 aromatic rings. The van der Waals surface area contributed by atoms with Crippen LogP contribution in [0.2, 0.25) is 0 Å². The Hall–Kier alpha value is -1.77. The number of alkyl halides is 3. The largest absolute Gasteiger partial charge is 0.435 e. The van der Waals surface area contributed by atoms with E-state index in [-0.39, 0.29) is 11.1 Å². The highest BCUT2D eigenvalue weighted by Crippen LogP contribution is 2.33. The minimum Gasteiger partial charge on any atom is -0.397 e. The number of hydrogen-bond donors (Lipinski definition) is 1. The van der Waals surface area contributed by atoms with Crippen LogP contribution in [-0.4, -0.2) is 4.98 Å². The van der Waals surface area contributed by atoms with Gasteiger partial charge in [-0.15, -0.1) is 0 Å². The molecule has 1 rings (SSSR count). The first kappa shape index (κ1) is 10.3. The van der Waals surface area contributed by atoms with Gasteiger partial charge in [-0.3, -0.25) is 0 Å². The van der Waals surface area contributed by atoms with Crippen molar-refractivity contribution in [3.63, 3.8) is 0 Å². The zero-order chi connectivity index (χ0) is 10.9. The molecule has 0 bridgehead atoms. The van der Waals surface area contributed by atoms with Gasteiger partial charge in [-0.05, 0) is 12.5 Å². The van der Waals surface area contributed by atoms with Crippen LogP contribution in [0.5, 0.6) is 0 Å². The molecule has 0 atom stereocenters. The number of nitriles is 1. The fourth-order valence-electron chi connectivity index (χ4n) is 0.957. The first-order chi connectivity index (χ1) is 6.38. The molecule has 0 saturated carbocycles. The molecule has 0 aliphatic heterocycles. The van der Waals surface area contributed by atoms with Crippen LogP contribution in [0.25, 0.3) is 0 Å². The van der Waals surface area contributed by atoms with Gasteiger partial charge in [-0.25, -0.2) is 4.98 Å². The Bertz CT molecular complexity index is 404. The van der Waals surface area contributed by atoms with E-state index in [0.717, 1.165) is 6.20 Å². The third kappa shape index (κ3) is 1.62. The molecule has 0 aliphatic carbocycles.